The lowest BCUT2D eigenvalue weighted by Gasteiger charge is -2.34. The number of morpholine rings is 1. The molecular weight excluding hydrogens is 256 g/mol. The molecule has 0 radical (unpaired) electrons. The first-order valence-electron chi connectivity index (χ1n) is 7.01. The molecule has 0 spiro atoms. The van der Waals surface area contributed by atoms with E-state index in [1.807, 2.05) is 26.0 Å². The predicted molar refractivity (Wildman–Crippen MR) is 76.9 cm³/mol. The van der Waals surface area contributed by atoms with Crippen molar-refractivity contribution < 1.29 is 14.3 Å². The van der Waals surface area contributed by atoms with Crippen molar-refractivity contribution in [2.75, 3.05) is 26.3 Å². The summed E-state index contributed by atoms with van der Waals surface area (Å²) in [6.07, 6.45) is -0.0876. The molecule has 1 heterocycles. The number of carbonyl (C=O) groups excluding carboxylic acids is 1. The Morgan fingerprint density at radius 2 is 2.20 bits per heavy atom. The van der Waals surface area contributed by atoms with Crippen molar-refractivity contribution in [3.05, 3.63) is 29.8 Å². The molecule has 20 heavy (non-hydrogen) atoms. The van der Waals surface area contributed by atoms with Crippen LogP contribution < -0.4 is 10.5 Å². The minimum atomic E-state index is -0.0876. The van der Waals surface area contributed by atoms with Crippen molar-refractivity contribution in [2.24, 2.45) is 5.73 Å². The van der Waals surface area contributed by atoms with Gasteiger partial charge in [0.25, 0.3) is 5.91 Å². The van der Waals surface area contributed by atoms with Crippen LogP contribution in [0.3, 0.4) is 0 Å². The third-order valence-corrected chi connectivity index (χ3v) is 3.38. The number of hydrogen-bond acceptors (Lipinski definition) is 4. The van der Waals surface area contributed by atoms with E-state index in [9.17, 15) is 4.79 Å². The van der Waals surface area contributed by atoms with Gasteiger partial charge in [-0.25, -0.2) is 0 Å². The van der Waals surface area contributed by atoms with E-state index < -0.39 is 0 Å². The van der Waals surface area contributed by atoms with Crippen molar-refractivity contribution in [1.82, 2.24) is 4.90 Å². The molecule has 1 aromatic rings. The maximum atomic E-state index is 12.4. The third-order valence-electron chi connectivity index (χ3n) is 3.38. The van der Waals surface area contributed by atoms with E-state index in [4.69, 9.17) is 15.2 Å². The summed E-state index contributed by atoms with van der Waals surface area (Å²) in [7, 11) is 0. The molecule has 0 aromatic heterocycles. The second kappa shape index (κ2) is 6.72. The van der Waals surface area contributed by atoms with Gasteiger partial charge in [-0.15, -0.1) is 0 Å². The second-order valence-electron chi connectivity index (χ2n) is 4.98. The fourth-order valence-corrected chi connectivity index (χ4v) is 2.22. The number of rotatable bonds is 4. The van der Waals surface area contributed by atoms with Gasteiger partial charge in [0.1, 0.15) is 5.75 Å². The van der Waals surface area contributed by atoms with Crippen LogP contribution in [0.25, 0.3) is 0 Å². The molecule has 1 fully saturated rings. The SMILES string of the molecule is CCOc1ccc(C(=O)N2CCOC(C(C)N)C2)cc1. The van der Waals surface area contributed by atoms with Gasteiger partial charge in [0.2, 0.25) is 0 Å². The molecule has 1 aliphatic rings. The van der Waals surface area contributed by atoms with E-state index in [2.05, 4.69) is 0 Å². The molecule has 2 N–H and O–H groups in total. The van der Waals surface area contributed by atoms with Crippen LogP contribution in [-0.4, -0.2) is 49.3 Å². The minimum Gasteiger partial charge on any atom is -0.494 e. The predicted octanol–water partition coefficient (Wildman–Crippen LogP) is 1.27. The Hall–Kier alpha value is -1.59. The first kappa shape index (κ1) is 14.8. The maximum Gasteiger partial charge on any atom is 0.254 e. The maximum absolute atomic E-state index is 12.4. The summed E-state index contributed by atoms with van der Waals surface area (Å²) in [5.74, 6) is 0.793. The van der Waals surface area contributed by atoms with Gasteiger partial charge in [-0.1, -0.05) is 0 Å². The van der Waals surface area contributed by atoms with E-state index in [1.165, 1.54) is 0 Å². The lowest BCUT2D eigenvalue weighted by atomic mass is 10.1. The smallest absolute Gasteiger partial charge is 0.254 e. The molecular formula is C15H22N2O3. The standard InChI is InChI=1S/C15H22N2O3/c1-3-19-13-6-4-12(5-7-13)15(18)17-8-9-20-14(10-17)11(2)16/h4-7,11,14H,3,8-10,16H2,1-2H3. The average Bonchev–Trinajstić information content (AvgIpc) is 2.48. The Bertz CT molecular complexity index is 445. The van der Waals surface area contributed by atoms with Crippen LogP contribution in [0.15, 0.2) is 24.3 Å². The summed E-state index contributed by atoms with van der Waals surface area (Å²) < 4.78 is 10.9. The van der Waals surface area contributed by atoms with E-state index >= 15 is 0 Å². The monoisotopic (exact) mass is 278 g/mol. The van der Waals surface area contributed by atoms with Gasteiger partial charge < -0.3 is 20.1 Å². The highest BCUT2D eigenvalue weighted by molar-refractivity contribution is 5.94. The average molecular weight is 278 g/mol. The highest BCUT2D eigenvalue weighted by atomic mass is 16.5. The third kappa shape index (κ3) is 3.49. The fraction of sp³-hybridized carbons (Fsp3) is 0.533. The van der Waals surface area contributed by atoms with Crippen molar-refractivity contribution >= 4 is 5.91 Å². The number of carbonyl (C=O) groups is 1. The number of benzene rings is 1. The topological polar surface area (TPSA) is 64.8 Å². The zero-order valence-electron chi connectivity index (χ0n) is 12.0. The largest absolute Gasteiger partial charge is 0.494 e. The molecule has 2 unspecified atom stereocenters. The Kier molecular flexibility index (Phi) is 4.98. The van der Waals surface area contributed by atoms with E-state index in [0.717, 1.165) is 5.75 Å². The molecule has 2 atom stereocenters. The number of amides is 1. The quantitative estimate of drug-likeness (QED) is 0.901. The van der Waals surface area contributed by atoms with Crippen LogP contribution in [0, 0.1) is 0 Å². The van der Waals surface area contributed by atoms with Crippen molar-refractivity contribution in [1.29, 1.82) is 0 Å². The molecule has 1 saturated heterocycles. The summed E-state index contributed by atoms with van der Waals surface area (Å²) in [5.41, 5.74) is 6.51. The van der Waals surface area contributed by atoms with Crippen LogP contribution in [-0.2, 0) is 4.74 Å². The van der Waals surface area contributed by atoms with Gasteiger partial charge in [0, 0.05) is 24.7 Å². The Balaban J connectivity index is 2.02. The van der Waals surface area contributed by atoms with Gasteiger partial charge >= 0.3 is 0 Å². The van der Waals surface area contributed by atoms with Crippen LogP contribution in [0.4, 0.5) is 0 Å². The molecule has 0 bridgehead atoms. The zero-order chi connectivity index (χ0) is 14.5. The summed E-state index contributed by atoms with van der Waals surface area (Å²) >= 11 is 0. The first-order valence-corrected chi connectivity index (χ1v) is 7.01. The zero-order valence-corrected chi connectivity index (χ0v) is 12.0. The van der Waals surface area contributed by atoms with Crippen molar-refractivity contribution in [2.45, 2.75) is 26.0 Å². The van der Waals surface area contributed by atoms with Crippen LogP contribution in [0.2, 0.25) is 0 Å². The molecule has 1 amide bonds. The minimum absolute atomic E-state index is 0.0157. The molecule has 5 nitrogen and oxygen atoms in total. The Labute approximate surface area is 119 Å². The lowest BCUT2D eigenvalue weighted by Crippen LogP contribution is -2.51. The lowest BCUT2D eigenvalue weighted by molar-refractivity contribution is -0.0300. The molecule has 0 saturated carbocycles. The van der Waals surface area contributed by atoms with Gasteiger partial charge in [0.05, 0.1) is 19.3 Å². The van der Waals surface area contributed by atoms with E-state index in [-0.39, 0.29) is 18.1 Å². The van der Waals surface area contributed by atoms with Gasteiger partial charge in [-0.05, 0) is 38.1 Å². The summed E-state index contributed by atoms with van der Waals surface area (Å²) in [5, 5.41) is 0. The second-order valence-corrected chi connectivity index (χ2v) is 4.98. The van der Waals surface area contributed by atoms with E-state index in [0.29, 0.717) is 31.9 Å². The highest BCUT2D eigenvalue weighted by Gasteiger charge is 2.27. The van der Waals surface area contributed by atoms with Gasteiger partial charge in [0.15, 0.2) is 0 Å². The number of nitrogens with zero attached hydrogens (tertiary/aromatic N) is 1. The Morgan fingerprint density at radius 3 is 2.80 bits per heavy atom. The van der Waals surface area contributed by atoms with Crippen molar-refractivity contribution in [3.8, 4) is 5.75 Å². The van der Waals surface area contributed by atoms with E-state index in [1.54, 1.807) is 17.0 Å². The molecule has 110 valence electrons. The summed E-state index contributed by atoms with van der Waals surface area (Å²) in [4.78, 5) is 14.2. The molecule has 2 rings (SSSR count). The molecule has 1 aromatic carbocycles. The summed E-state index contributed by atoms with van der Waals surface area (Å²) in [6, 6.07) is 7.15. The van der Waals surface area contributed by atoms with Crippen LogP contribution in [0.5, 0.6) is 5.75 Å². The molecule has 0 aliphatic carbocycles. The van der Waals surface area contributed by atoms with Crippen LogP contribution in [0.1, 0.15) is 24.2 Å². The normalized spacial score (nSPS) is 20.6. The Morgan fingerprint density at radius 1 is 1.50 bits per heavy atom. The molecule has 5 heteroatoms. The molecule has 1 aliphatic heterocycles. The number of nitrogens with two attached hydrogens (primary N) is 1. The highest BCUT2D eigenvalue weighted by Crippen LogP contribution is 2.16. The number of ether oxygens (including phenoxy) is 2. The fourth-order valence-electron chi connectivity index (χ4n) is 2.22. The number of hydrogen-bond donors (Lipinski definition) is 1. The van der Waals surface area contributed by atoms with Gasteiger partial charge in [-0.2, -0.15) is 0 Å². The first-order chi connectivity index (χ1) is 9.61. The van der Waals surface area contributed by atoms with Crippen molar-refractivity contribution in [3.63, 3.8) is 0 Å². The summed E-state index contributed by atoms with van der Waals surface area (Å²) in [6.45, 7) is 6.14. The van der Waals surface area contributed by atoms with Gasteiger partial charge in [-0.3, -0.25) is 4.79 Å². The van der Waals surface area contributed by atoms with Crippen LogP contribution >= 0.6 is 0 Å².